The Bertz CT molecular complexity index is 3480. The van der Waals surface area contributed by atoms with Gasteiger partial charge in [-0.2, -0.15) is 25.3 Å². The summed E-state index contributed by atoms with van der Waals surface area (Å²) in [7, 11) is 0. The molecule has 11 amide bonds. The molecule has 0 aliphatic rings. The second kappa shape index (κ2) is 39.6. The fourth-order valence-electron chi connectivity index (χ4n) is 10.0. The number of carboxylic acids is 1. The molecule has 5 aromatic rings. The molecular weight excluding hydrogens is 1300 g/mol. The van der Waals surface area contributed by atoms with Gasteiger partial charge in [0.2, 0.25) is 65.0 Å². The van der Waals surface area contributed by atoms with Crippen LogP contribution in [0.15, 0.2) is 121 Å². The lowest BCUT2D eigenvalue weighted by Gasteiger charge is -2.29. The Hall–Kier alpha value is -9.44. The molecule has 0 aliphatic heterocycles. The van der Waals surface area contributed by atoms with Crippen molar-refractivity contribution in [2.24, 2.45) is 17.2 Å². The summed E-state index contributed by atoms with van der Waals surface area (Å²) in [6.45, 7) is 1.39. The van der Waals surface area contributed by atoms with E-state index in [1.165, 1.54) is 0 Å². The number of carboxylic acid groups (broad SMARTS) is 1. The minimum absolute atomic E-state index is 0.119. The number of hydrogen-bond donors (Lipinski definition) is 20. The molecule has 0 aliphatic carbocycles. The van der Waals surface area contributed by atoms with Crippen LogP contribution in [0.3, 0.4) is 0 Å². The van der Waals surface area contributed by atoms with E-state index >= 15 is 9.59 Å². The molecule has 97 heavy (non-hydrogen) atoms. The number of unbranched alkanes of at least 4 members (excludes halogenated alkanes) is 1. The smallest absolute Gasteiger partial charge is 0.327 e. The second-order valence-corrected chi connectivity index (χ2v) is 23.8. The number of carbonyl (C=O) groups is 12. The van der Waals surface area contributed by atoms with Crippen LogP contribution in [0.25, 0.3) is 10.9 Å². The number of amides is 11. The third kappa shape index (κ3) is 24.9. The zero-order valence-corrected chi connectivity index (χ0v) is 55.1. The van der Waals surface area contributed by atoms with Gasteiger partial charge < -0.3 is 95.8 Å². The number of aromatic nitrogens is 1. The molecule has 1 heterocycles. The standard InChI is InChI=1S/C65H86N14O16S2/c1-35(81)53(63(92)75-47(28-39-20-10-5-11-21-39)61(90)79-54(36(2)82)64(93)76-50(32-80)62(91)77-51(34-97)65(94)95)78-56(85)44(24-14-15-25-66)70-59(88)48(29-40-31-69-43-23-13-12-22-41(40)43)74-58(87)46(27-38-18-8-4-9-19-38)72-57(86)45(26-37-16-6-3-7-17-37)73-60(89)49(30-52(68)83)71-55(84)42(67)33-96/h3-13,16-23,31,35-36,42,44-51,53-54,69,80-82,96-97H,14-15,24-30,32-34,66-67H2,1-2H3,(H2,68,83)(H,70,88)(H,71,84)(H,72,86)(H,73,89)(H,74,87)(H,75,92)(H,76,93)(H,77,91)(H,78,85)(H,79,90)(H,94,95)/t35?,36?,42-,44-,45-,46-,47-,48-,49-,50-,51-,53-,54-/m0/s1. The SMILES string of the molecule is CC(O)[C@H](NC(=O)[C@H](Cc1ccccc1)NC(=O)[C@@H](NC(=O)[C@H](CCCCN)NC(=O)[C@H](Cc1c[nH]c2ccccc12)NC(=O)[C@H](Cc1ccccc1)NC(=O)[C@H](Cc1ccccc1)NC(=O)[C@H](CC(N)=O)NC(=O)[C@@H](N)CS)C(C)O)C(=O)N[C@@H](CO)C(=O)N[C@@H](CS)C(=O)O. The molecule has 0 bridgehead atoms. The van der Waals surface area contributed by atoms with Crippen molar-refractivity contribution in [1.82, 2.24) is 58.2 Å². The van der Waals surface area contributed by atoms with E-state index in [1.54, 1.807) is 121 Å². The molecule has 21 N–H and O–H groups in total. The number of carbonyl (C=O) groups excluding carboxylic acids is 11. The maximum Gasteiger partial charge on any atom is 0.327 e. The fraction of sp³-hybridized carbons (Fsp3) is 0.415. The molecule has 5 rings (SSSR count). The maximum atomic E-state index is 15.1. The molecule has 0 saturated carbocycles. The lowest BCUT2D eigenvalue weighted by Crippen LogP contribution is -2.63. The average Bonchev–Trinajstić information content (AvgIpc) is 1.70. The molecule has 0 radical (unpaired) electrons. The number of aromatic amines is 1. The summed E-state index contributed by atoms with van der Waals surface area (Å²) >= 11 is 7.93. The Kier molecular flexibility index (Phi) is 31.9. The van der Waals surface area contributed by atoms with E-state index in [9.17, 15) is 68.4 Å². The first-order valence-electron chi connectivity index (χ1n) is 31.1. The van der Waals surface area contributed by atoms with Gasteiger partial charge in [0.1, 0.15) is 60.4 Å². The second-order valence-electron chi connectivity index (χ2n) is 23.0. The third-order valence-corrected chi connectivity index (χ3v) is 16.1. The normalized spacial score (nSPS) is 15.2. The fourth-order valence-corrected chi connectivity index (χ4v) is 10.4. The van der Waals surface area contributed by atoms with E-state index in [0.29, 0.717) is 39.6 Å². The molecule has 0 fully saturated rings. The van der Waals surface area contributed by atoms with Crippen molar-refractivity contribution < 1.29 is 78.0 Å². The molecular formula is C65H86N14O16S2. The Morgan fingerprint density at radius 3 is 1.25 bits per heavy atom. The van der Waals surface area contributed by atoms with Crippen molar-refractivity contribution in [1.29, 1.82) is 0 Å². The quantitative estimate of drug-likeness (QED) is 0.0133. The highest BCUT2D eigenvalue weighted by Crippen LogP contribution is 2.20. The van der Waals surface area contributed by atoms with Crippen LogP contribution in [0.4, 0.5) is 0 Å². The Morgan fingerprint density at radius 2 is 0.825 bits per heavy atom. The molecule has 524 valence electrons. The minimum atomic E-state index is -1.87. The number of rotatable bonds is 40. The Morgan fingerprint density at radius 1 is 0.454 bits per heavy atom. The highest BCUT2D eigenvalue weighted by atomic mass is 32.1. The number of para-hydroxylation sites is 1. The zero-order valence-electron chi connectivity index (χ0n) is 53.4. The first-order chi connectivity index (χ1) is 46.3. The number of aliphatic carboxylic acids is 1. The summed E-state index contributed by atoms with van der Waals surface area (Å²) in [6.07, 6.45) is -2.93. The topological polar surface area (TPSA) is 500 Å². The number of hydrogen-bond acceptors (Lipinski definition) is 19. The number of benzene rings is 4. The molecule has 1 aromatic heterocycles. The van der Waals surface area contributed by atoms with E-state index in [4.69, 9.17) is 17.2 Å². The van der Waals surface area contributed by atoms with Crippen molar-refractivity contribution in [3.63, 3.8) is 0 Å². The van der Waals surface area contributed by atoms with Crippen LogP contribution in [0, 0.1) is 0 Å². The van der Waals surface area contributed by atoms with Crippen molar-refractivity contribution in [2.75, 3.05) is 24.7 Å². The van der Waals surface area contributed by atoms with Gasteiger partial charge in [-0.1, -0.05) is 109 Å². The lowest BCUT2D eigenvalue weighted by molar-refractivity contribution is -0.142. The van der Waals surface area contributed by atoms with Gasteiger partial charge >= 0.3 is 5.97 Å². The summed E-state index contributed by atoms with van der Waals surface area (Å²) in [6, 6.07) is 14.7. The number of fused-ring (bicyclic) bond motifs is 1. The Balaban J connectivity index is 1.46. The van der Waals surface area contributed by atoms with Crippen molar-refractivity contribution in [2.45, 2.75) is 144 Å². The number of H-pyrrole nitrogens is 1. The first-order valence-corrected chi connectivity index (χ1v) is 32.4. The third-order valence-electron chi connectivity index (χ3n) is 15.4. The Labute approximate surface area is 570 Å². The van der Waals surface area contributed by atoms with Crippen LogP contribution in [0.5, 0.6) is 0 Å². The number of aliphatic hydroxyl groups excluding tert-OH is 3. The summed E-state index contributed by atoms with van der Waals surface area (Å²) in [4.78, 5) is 169. The summed E-state index contributed by atoms with van der Waals surface area (Å²) in [5, 5.41) is 66.8. The maximum absolute atomic E-state index is 15.1. The molecule has 2 unspecified atom stereocenters. The van der Waals surface area contributed by atoms with E-state index in [2.05, 4.69) is 83.4 Å². The number of aliphatic hydroxyl groups is 3. The van der Waals surface area contributed by atoms with Gasteiger partial charge in [-0.15, -0.1) is 0 Å². The van der Waals surface area contributed by atoms with E-state index in [1.807, 2.05) is 0 Å². The highest BCUT2D eigenvalue weighted by molar-refractivity contribution is 7.80. The molecule has 30 nitrogen and oxygen atoms in total. The van der Waals surface area contributed by atoms with E-state index in [0.717, 1.165) is 13.8 Å². The van der Waals surface area contributed by atoms with Gasteiger partial charge in [0.25, 0.3) is 0 Å². The van der Waals surface area contributed by atoms with E-state index < -0.39 is 163 Å². The van der Waals surface area contributed by atoms with Crippen molar-refractivity contribution in [3.05, 3.63) is 144 Å². The van der Waals surface area contributed by atoms with Gasteiger partial charge in [0.15, 0.2) is 0 Å². The van der Waals surface area contributed by atoms with Crippen molar-refractivity contribution in [3.8, 4) is 0 Å². The predicted octanol–water partition coefficient (Wildman–Crippen LogP) is -3.68. The lowest BCUT2D eigenvalue weighted by atomic mass is 10.00. The highest BCUT2D eigenvalue weighted by Gasteiger charge is 2.38. The van der Waals surface area contributed by atoms with Crippen LogP contribution >= 0.6 is 25.3 Å². The van der Waals surface area contributed by atoms with Crippen LogP contribution in [-0.4, -0.2) is 200 Å². The van der Waals surface area contributed by atoms with Crippen LogP contribution in [0.2, 0.25) is 0 Å². The number of thiol groups is 2. The summed E-state index contributed by atoms with van der Waals surface area (Å²) in [5.41, 5.74) is 19.9. The average molecular weight is 1380 g/mol. The van der Waals surface area contributed by atoms with E-state index in [-0.39, 0.29) is 56.6 Å². The van der Waals surface area contributed by atoms with Crippen LogP contribution in [-0.2, 0) is 83.2 Å². The number of nitrogens with two attached hydrogens (primary N) is 3. The largest absolute Gasteiger partial charge is 0.480 e. The van der Waals surface area contributed by atoms with Gasteiger partial charge in [-0.05, 0) is 68.0 Å². The molecule has 0 spiro atoms. The van der Waals surface area contributed by atoms with Gasteiger partial charge in [0.05, 0.1) is 31.3 Å². The molecule has 0 saturated heterocycles. The van der Waals surface area contributed by atoms with Gasteiger partial charge in [-0.3, -0.25) is 52.7 Å². The molecule has 13 atom stereocenters. The monoisotopic (exact) mass is 1380 g/mol. The molecule has 32 heteroatoms. The minimum Gasteiger partial charge on any atom is -0.480 e. The number of primary amides is 1. The summed E-state index contributed by atoms with van der Waals surface area (Å²) in [5.74, 6) is -13.1. The number of nitrogens with one attached hydrogen (secondary N) is 11. The summed E-state index contributed by atoms with van der Waals surface area (Å²) < 4.78 is 0. The van der Waals surface area contributed by atoms with Crippen LogP contribution < -0.4 is 70.4 Å². The van der Waals surface area contributed by atoms with Crippen LogP contribution in [0.1, 0.15) is 61.8 Å². The van der Waals surface area contributed by atoms with Crippen molar-refractivity contribution >= 4 is 107 Å². The van der Waals surface area contributed by atoms with Gasteiger partial charge in [0, 0.05) is 54.3 Å². The molecule has 4 aromatic carbocycles. The van der Waals surface area contributed by atoms with Gasteiger partial charge in [-0.25, -0.2) is 4.79 Å². The zero-order chi connectivity index (χ0) is 71.3. The predicted molar refractivity (Wildman–Crippen MR) is 362 cm³/mol. The first kappa shape index (κ1) is 78.3.